The van der Waals surface area contributed by atoms with Gasteiger partial charge in [0.15, 0.2) is 11.4 Å². The molecule has 1 unspecified atom stereocenters. The lowest BCUT2D eigenvalue weighted by atomic mass is 9.55. The standard InChI is InChI=1S/C27H32BN3O9/c1-17(2)11-19(28-38-23(33)14-27(40-28,26(36)37-3)15-24(34)39-28)13-22(32)20(12-18-7-5-4-6-8-18)31-25(35)21-16-29-9-10-30-21/h4-10,16-17,19-20,38H,11-15H2,1-3H3,(H,31,35)/t19-,20+,27-,28?/m1/s1. The van der Waals surface area contributed by atoms with E-state index >= 15 is 0 Å². The monoisotopic (exact) mass is 553 g/mol. The molecule has 2 N–H and O–H groups in total. The Kier molecular flexibility index (Phi) is 8.62. The van der Waals surface area contributed by atoms with E-state index in [0.717, 1.165) is 12.7 Å². The number of ketones is 1. The number of esters is 1. The number of methoxy groups -OCH3 is 1. The van der Waals surface area contributed by atoms with Gasteiger partial charge in [-0.25, -0.2) is 9.78 Å². The summed E-state index contributed by atoms with van der Waals surface area (Å²) in [7, 11) is 1.13. The first kappa shape index (κ1) is 28.9. The number of carboxylic acids is 1. The molecule has 2 aliphatic heterocycles. The maximum absolute atomic E-state index is 13.9. The third-order valence-electron chi connectivity index (χ3n) is 7.05. The fraction of sp³-hybridized carbons (Fsp3) is 0.444. The Labute approximate surface area is 231 Å². The number of hydrogen-bond donors (Lipinski definition) is 1. The molecule has 0 saturated carbocycles. The van der Waals surface area contributed by atoms with Crippen molar-refractivity contribution in [1.82, 2.24) is 15.3 Å². The van der Waals surface area contributed by atoms with Crippen molar-refractivity contribution in [3.63, 3.8) is 0 Å². The molecule has 4 atom stereocenters. The van der Waals surface area contributed by atoms with Crippen molar-refractivity contribution in [3.05, 3.63) is 60.2 Å². The fourth-order valence-corrected chi connectivity index (χ4v) is 5.33. The van der Waals surface area contributed by atoms with Gasteiger partial charge in [-0.15, -0.1) is 0 Å². The number of aliphatic carboxylic acids is 1. The molecular weight excluding hydrogens is 521 g/mol. The quantitative estimate of drug-likeness (QED) is 0.245. The van der Waals surface area contributed by atoms with E-state index in [9.17, 15) is 24.0 Å². The first-order chi connectivity index (χ1) is 19.1. The molecule has 0 aliphatic carbocycles. The van der Waals surface area contributed by atoms with Crippen LogP contribution in [0.15, 0.2) is 48.9 Å². The maximum atomic E-state index is 13.9. The van der Waals surface area contributed by atoms with Gasteiger partial charge >= 0.3 is 18.7 Å². The Bertz CT molecular complexity index is 1250. The molecule has 212 valence electrons. The summed E-state index contributed by atoms with van der Waals surface area (Å²) >= 11 is 0. The van der Waals surface area contributed by atoms with Crippen LogP contribution in [0.1, 0.15) is 55.6 Å². The number of nitrogens with zero attached hydrogens (tertiary/aromatic N) is 2. The van der Waals surface area contributed by atoms with Gasteiger partial charge in [0.05, 0.1) is 25.8 Å². The summed E-state index contributed by atoms with van der Waals surface area (Å²) in [5, 5.41) is 2.74. The van der Waals surface area contributed by atoms with Gasteiger partial charge in [-0.05, 0) is 30.1 Å². The van der Waals surface area contributed by atoms with Gasteiger partial charge in [-0.3, -0.25) is 19.4 Å². The minimum absolute atomic E-state index is 0.0280. The van der Waals surface area contributed by atoms with Gasteiger partial charge in [0.2, 0.25) is 0 Å². The number of nitrogens with one attached hydrogen (secondary N) is 1. The molecular formula is C27H32BN3O9. The van der Waals surface area contributed by atoms with Crippen LogP contribution in [-0.2, 0) is 39.6 Å². The molecule has 0 radical (unpaired) electrons. The van der Waals surface area contributed by atoms with Gasteiger partial charge in [-0.1, -0.05) is 50.6 Å². The number of aromatic nitrogens is 2. The average molecular weight is 553 g/mol. The zero-order valence-electron chi connectivity index (χ0n) is 22.6. The fourth-order valence-electron chi connectivity index (χ4n) is 5.33. The van der Waals surface area contributed by atoms with Crippen molar-refractivity contribution in [1.29, 1.82) is 0 Å². The molecule has 3 heterocycles. The van der Waals surface area contributed by atoms with Crippen LogP contribution in [-0.4, -0.2) is 69.7 Å². The Balaban J connectivity index is 1.65. The van der Waals surface area contributed by atoms with E-state index in [1.165, 1.54) is 18.6 Å². The third-order valence-corrected chi connectivity index (χ3v) is 7.05. The highest BCUT2D eigenvalue weighted by molar-refractivity contribution is 6.66. The molecule has 40 heavy (non-hydrogen) atoms. The summed E-state index contributed by atoms with van der Waals surface area (Å²) in [4.78, 5) is 73.0. The number of fused-ring (bicyclic) bond motifs is 2. The van der Waals surface area contributed by atoms with Crippen LogP contribution in [0, 0.1) is 5.92 Å². The van der Waals surface area contributed by atoms with Crippen LogP contribution in [0.4, 0.5) is 0 Å². The summed E-state index contributed by atoms with van der Waals surface area (Å²) in [6, 6.07) is 8.13. The largest absolute Gasteiger partial charge is 0.718 e. The van der Waals surface area contributed by atoms with Crippen LogP contribution in [0.3, 0.4) is 0 Å². The van der Waals surface area contributed by atoms with Crippen molar-refractivity contribution < 1.29 is 42.7 Å². The van der Waals surface area contributed by atoms with E-state index in [4.69, 9.17) is 14.0 Å². The lowest BCUT2D eigenvalue weighted by molar-refractivity contribution is -0.209. The summed E-state index contributed by atoms with van der Waals surface area (Å²) in [5.41, 5.74) is -1.03. The van der Waals surface area contributed by atoms with E-state index in [1.807, 2.05) is 44.2 Å². The highest BCUT2D eigenvalue weighted by atomic mass is 16.8. The Morgan fingerprint density at radius 1 is 1.15 bits per heavy atom. The van der Waals surface area contributed by atoms with Crippen LogP contribution in [0.25, 0.3) is 0 Å². The minimum Gasteiger partial charge on any atom is -0.718 e. The zero-order valence-corrected chi connectivity index (χ0v) is 22.6. The minimum atomic E-state index is -3.07. The number of benzene rings is 1. The highest BCUT2D eigenvalue weighted by Crippen LogP contribution is 2.45. The smallest absolute Gasteiger partial charge is 0.576 e. The second kappa shape index (κ2) is 11.9. The van der Waals surface area contributed by atoms with E-state index in [-0.39, 0.29) is 30.9 Å². The van der Waals surface area contributed by atoms with Crippen LogP contribution < -0.4 is 5.32 Å². The van der Waals surface area contributed by atoms with Crippen molar-refractivity contribution in [2.24, 2.45) is 5.92 Å². The molecule has 2 aromatic rings. The van der Waals surface area contributed by atoms with Crippen LogP contribution >= 0.6 is 0 Å². The summed E-state index contributed by atoms with van der Waals surface area (Å²) in [6.45, 7) is 0.720. The molecule has 2 saturated heterocycles. The summed E-state index contributed by atoms with van der Waals surface area (Å²) in [5.74, 6) is -4.23. The van der Waals surface area contributed by atoms with E-state index in [2.05, 4.69) is 19.9 Å². The molecule has 13 heteroatoms. The predicted molar refractivity (Wildman–Crippen MR) is 140 cm³/mol. The average Bonchev–Trinajstić information content (AvgIpc) is 2.91. The second-order valence-electron chi connectivity index (χ2n) is 10.6. The summed E-state index contributed by atoms with van der Waals surface area (Å²) in [6.07, 6.45) is 3.31. The molecule has 12 nitrogen and oxygen atoms in total. The van der Waals surface area contributed by atoms with Gasteiger partial charge in [-0.2, -0.15) is 0 Å². The number of carbonyl (C=O) groups excluding carboxylic acids is 4. The molecule has 1 amide bonds. The number of rotatable bonds is 11. The van der Waals surface area contributed by atoms with Crippen molar-refractivity contribution in [3.8, 4) is 0 Å². The van der Waals surface area contributed by atoms with Crippen molar-refractivity contribution >= 4 is 36.4 Å². The maximum Gasteiger partial charge on any atom is 0.576 e. The number of carbonyl (C=O) groups is 5. The first-order valence-electron chi connectivity index (χ1n) is 13.1. The van der Waals surface area contributed by atoms with E-state index in [0.29, 0.717) is 0 Å². The second-order valence-corrected chi connectivity index (χ2v) is 10.6. The highest BCUT2D eigenvalue weighted by Gasteiger charge is 2.65. The first-order valence-corrected chi connectivity index (χ1v) is 13.1. The molecule has 2 fully saturated rings. The van der Waals surface area contributed by atoms with Gasteiger partial charge < -0.3 is 24.0 Å². The Hall–Kier alpha value is -4.13. The SMILES string of the molecule is COC(=O)[C@@]12CC(=O)O[B-]([C@@H](CC(=O)[C@H](Cc3ccccc3)NC(=O)c3cnccn3)CC(C)C)(O1)[OH+]C(=O)C2. The van der Waals surface area contributed by atoms with Gasteiger partial charge in [0.25, 0.3) is 11.9 Å². The Morgan fingerprint density at radius 2 is 1.90 bits per heavy atom. The normalized spacial score (nSPS) is 23.4. The summed E-state index contributed by atoms with van der Waals surface area (Å²) < 4.78 is 20.7. The number of amides is 1. The van der Waals surface area contributed by atoms with Gasteiger partial charge in [0.1, 0.15) is 12.1 Å². The van der Waals surface area contributed by atoms with Crippen molar-refractivity contribution in [2.75, 3.05) is 7.11 Å². The molecule has 2 bridgehead atoms. The van der Waals surface area contributed by atoms with Crippen LogP contribution in [0.2, 0.25) is 5.82 Å². The molecule has 0 spiro atoms. The number of Topliss-reactive ketones (excluding diaryl/α,β-unsaturated/α-hetero) is 1. The molecule has 1 aromatic carbocycles. The lowest BCUT2D eigenvalue weighted by Crippen LogP contribution is -2.71. The molecule has 1 aromatic heterocycles. The van der Waals surface area contributed by atoms with Crippen LogP contribution in [0.5, 0.6) is 0 Å². The van der Waals surface area contributed by atoms with Gasteiger partial charge in [0, 0.05) is 17.2 Å². The number of ether oxygens (including phenoxy) is 1. The van der Waals surface area contributed by atoms with E-state index in [1.54, 1.807) is 0 Å². The predicted octanol–water partition coefficient (Wildman–Crippen LogP) is 1.47. The van der Waals surface area contributed by atoms with E-state index < -0.39 is 66.7 Å². The van der Waals surface area contributed by atoms with Crippen molar-refractivity contribution in [2.45, 2.75) is 63.4 Å². The third kappa shape index (κ3) is 6.36. The zero-order chi connectivity index (χ0) is 28.9. The molecule has 2 aliphatic rings. The molecule has 4 rings (SSSR count). The Morgan fingerprint density at radius 3 is 2.55 bits per heavy atom. The topological polar surface area (TPSA) is 164 Å². The number of hydrogen-bond acceptors (Lipinski definition) is 10. The lowest BCUT2D eigenvalue weighted by Gasteiger charge is -2.55.